The van der Waals surface area contributed by atoms with Crippen molar-refractivity contribution in [1.82, 2.24) is 9.78 Å². The molecule has 0 radical (unpaired) electrons. The molecule has 0 aliphatic carbocycles. The minimum absolute atomic E-state index is 0.0209. The second-order valence-electron chi connectivity index (χ2n) is 10.2. The molecular formula is C23H34BClN2O6S. The van der Waals surface area contributed by atoms with Crippen LogP contribution in [0, 0.1) is 0 Å². The molecule has 2 atom stereocenters. The monoisotopic (exact) mass is 512 g/mol. The quantitative estimate of drug-likeness (QED) is 0.406. The number of rotatable bonds is 7. The first kappa shape index (κ1) is 25.9. The molecule has 0 bridgehead atoms. The lowest BCUT2D eigenvalue weighted by molar-refractivity contribution is -0.0366. The van der Waals surface area contributed by atoms with E-state index < -0.39 is 28.4 Å². The SMILES string of the molecule is CCC(COS(C)(=O)=O)c1c(Cl)cc2c(cnn2C2CCCCO2)c1B1OC(C)(C)C(C)(C)O1. The van der Waals surface area contributed by atoms with E-state index in [4.69, 9.17) is 29.8 Å². The van der Waals surface area contributed by atoms with Crippen LogP contribution >= 0.6 is 11.6 Å². The molecule has 0 N–H and O–H groups in total. The highest BCUT2D eigenvalue weighted by Gasteiger charge is 2.53. The third-order valence-corrected chi connectivity index (χ3v) is 8.11. The van der Waals surface area contributed by atoms with Crippen molar-refractivity contribution in [2.75, 3.05) is 19.5 Å². The first-order chi connectivity index (χ1) is 15.8. The van der Waals surface area contributed by atoms with Crippen LogP contribution in [0.3, 0.4) is 0 Å². The van der Waals surface area contributed by atoms with Crippen molar-refractivity contribution in [3.8, 4) is 0 Å². The molecule has 0 saturated carbocycles. The molecule has 34 heavy (non-hydrogen) atoms. The van der Waals surface area contributed by atoms with Gasteiger partial charge < -0.3 is 14.0 Å². The van der Waals surface area contributed by atoms with E-state index in [2.05, 4.69) is 5.10 Å². The van der Waals surface area contributed by atoms with Crippen LogP contribution in [0.15, 0.2) is 12.3 Å². The number of aromatic nitrogens is 2. The van der Waals surface area contributed by atoms with Gasteiger partial charge in [-0.2, -0.15) is 13.5 Å². The topological polar surface area (TPSA) is 88.9 Å². The summed E-state index contributed by atoms with van der Waals surface area (Å²) in [5.74, 6) is -0.282. The number of halogens is 1. The van der Waals surface area contributed by atoms with Gasteiger partial charge in [0.1, 0.15) is 0 Å². The molecule has 2 aliphatic heterocycles. The Bertz CT molecular complexity index is 1140. The zero-order valence-corrected chi connectivity index (χ0v) is 22.3. The molecule has 11 heteroatoms. The Labute approximate surface area is 207 Å². The van der Waals surface area contributed by atoms with Crippen LogP contribution in [0.1, 0.15) is 78.0 Å². The Morgan fingerprint density at radius 2 is 1.94 bits per heavy atom. The largest absolute Gasteiger partial charge is 0.495 e. The van der Waals surface area contributed by atoms with Crippen LogP contribution < -0.4 is 5.46 Å². The predicted molar refractivity (Wildman–Crippen MR) is 133 cm³/mol. The molecule has 1 aromatic heterocycles. The molecular weight excluding hydrogens is 479 g/mol. The number of hydrogen-bond acceptors (Lipinski definition) is 7. The summed E-state index contributed by atoms with van der Waals surface area (Å²) in [5.41, 5.74) is 1.26. The molecule has 3 heterocycles. The minimum Gasteiger partial charge on any atom is -0.399 e. The fourth-order valence-electron chi connectivity index (χ4n) is 4.58. The van der Waals surface area contributed by atoms with Gasteiger partial charge in [-0.15, -0.1) is 0 Å². The molecule has 2 unspecified atom stereocenters. The number of ether oxygens (including phenoxy) is 1. The highest BCUT2D eigenvalue weighted by atomic mass is 35.5. The molecule has 1 aromatic carbocycles. The molecule has 8 nitrogen and oxygen atoms in total. The number of nitrogens with zero attached hydrogens (tertiary/aromatic N) is 2. The maximum absolute atomic E-state index is 11.7. The van der Waals surface area contributed by atoms with Crippen molar-refractivity contribution < 1.29 is 26.6 Å². The average molecular weight is 513 g/mol. The Morgan fingerprint density at radius 1 is 1.26 bits per heavy atom. The van der Waals surface area contributed by atoms with Crippen molar-refractivity contribution in [3.05, 3.63) is 22.8 Å². The zero-order chi connectivity index (χ0) is 24.9. The zero-order valence-electron chi connectivity index (χ0n) is 20.8. The number of benzene rings is 1. The Morgan fingerprint density at radius 3 is 2.50 bits per heavy atom. The number of hydrogen-bond donors (Lipinski definition) is 0. The van der Waals surface area contributed by atoms with E-state index in [-0.39, 0.29) is 18.8 Å². The van der Waals surface area contributed by atoms with Gasteiger partial charge in [-0.25, -0.2) is 4.68 Å². The lowest BCUT2D eigenvalue weighted by Gasteiger charge is -2.32. The van der Waals surface area contributed by atoms with E-state index >= 15 is 0 Å². The van der Waals surface area contributed by atoms with Gasteiger partial charge in [0.05, 0.1) is 35.8 Å². The molecule has 2 fully saturated rings. The van der Waals surface area contributed by atoms with Crippen molar-refractivity contribution in [1.29, 1.82) is 0 Å². The second kappa shape index (κ2) is 9.37. The molecule has 188 valence electrons. The van der Waals surface area contributed by atoms with Gasteiger partial charge in [-0.3, -0.25) is 4.18 Å². The third-order valence-electron chi connectivity index (χ3n) is 7.24. The van der Waals surface area contributed by atoms with Gasteiger partial charge >= 0.3 is 7.12 Å². The molecule has 2 aromatic rings. The fraction of sp³-hybridized carbons (Fsp3) is 0.696. The molecule has 0 spiro atoms. The maximum Gasteiger partial charge on any atom is 0.495 e. The van der Waals surface area contributed by atoms with Gasteiger partial charge in [0, 0.05) is 22.9 Å². The summed E-state index contributed by atoms with van der Waals surface area (Å²) in [4.78, 5) is 0. The predicted octanol–water partition coefficient (Wildman–Crippen LogP) is 4.16. The van der Waals surface area contributed by atoms with Gasteiger partial charge in [-0.05, 0) is 70.5 Å². The van der Waals surface area contributed by atoms with Gasteiger partial charge in [0.25, 0.3) is 10.1 Å². The highest BCUT2D eigenvalue weighted by molar-refractivity contribution is 7.85. The summed E-state index contributed by atoms with van der Waals surface area (Å²) in [7, 11) is -4.31. The lowest BCUT2D eigenvalue weighted by Crippen LogP contribution is -2.41. The van der Waals surface area contributed by atoms with E-state index in [1.807, 2.05) is 45.4 Å². The van der Waals surface area contributed by atoms with E-state index in [1.54, 1.807) is 6.20 Å². The van der Waals surface area contributed by atoms with Crippen LogP contribution in [-0.2, 0) is 28.3 Å². The standard InChI is InChI=1S/C23H34BClN2O6S/c1-7-15(14-31-34(6,28)29)20-17(25)12-18-16(13-26-27(18)19-10-8-9-11-30-19)21(20)24-32-22(2,3)23(4,5)33-24/h12-13,15,19H,7-11,14H2,1-6H3. The second-order valence-corrected chi connectivity index (χ2v) is 12.3. The molecule has 0 amide bonds. The highest BCUT2D eigenvalue weighted by Crippen LogP contribution is 2.40. The first-order valence-electron chi connectivity index (χ1n) is 11.9. The van der Waals surface area contributed by atoms with Crippen LogP contribution in [0.2, 0.25) is 5.02 Å². The summed E-state index contributed by atoms with van der Waals surface area (Å²) in [6, 6.07) is 1.88. The molecule has 4 rings (SSSR count). The Hall–Kier alpha value is -1.17. The lowest BCUT2D eigenvalue weighted by atomic mass is 9.71. The summed E-state index contributed by atoms with van der Waals surface area (Å²) in [5, 5.41) is 6.02. The first-order valence-corrected chi connectivity index (χ1v) is 14.0. The van der Waals surface area contributed by atoms with Crippen molar-refractivity contribution in [2.45, 2.75) is 83.6 Å². The van der Waals surface area contributed by atoms with Gasteiger partial charge in [-0.1, -0.05) is 18.5 Å². The third kappa shape index (κ3) is 4.90. The van der Waals surface area contributed by atoms with Crippen LogP contribution in [0.4, 0.5) is 0 Å². The van der Waals surface area contributed by atoms with E-state index in [0.717, 1.165) is 47.4 Å². The van der Waals surface area contributed by atoms with Crippen molar-refractivity contribution in [3.63, 3.8) is 0 Å². The smallest absolute Gasteiger partial charge is 0.399 e. The molecule has 2 aliphatic rings. The normalized spacial score (nSPS) is 23.5. The Balaban J connectivity index is 1.88. The van der Waals surface area contributed by atoms with E-state index in [9.17, 15) is 8.42 Å². The summed E-state index contributed by atoms with van der Waals surface area (Å²) < 4.78 is 49.4. The van der Waals surface area contributed by atoms with Crippen LogP contribution in [-0.4, -0.2) is 56.0 Å². The summed E-state index contributed by atoms with van der Waals surface area (Å²) in [6.45, 7) is 10.6. The van der Waals surface area contributed by atoms with Gasteiger partial charge in [0.15, 0.2) is 6.23 Å². The van der Waals surface area contributed by atoms with Crippen molar-refractivity contribution in [2.24, 2.45) is 0 Å². The average Bonchev–Trinajstić information content (AvgIpc) is 3.25. The van der Waals surface area contributed by atoms with E-state index in [1.165, 1.54) is 0 Å². The van der Waals surface area contributed by atoms with E-state index in [0.29, 0.717) is 18.1 Å². The number of fused-ring (bicyclic) bond motifs is 1. The minimum atomic E-state index is -3.61. The summed E-state index contributed by atoms with van der Waals surface area (Å²) >= 11 is 6.92. The van der Waals surface area contributed by atoms with Crippen LogP contribution in [0.5, 0.6) is 0 Å². The van der Waals surface area contributed by atoms with Gasteiger partial charge in [0.2, 0.25) is 0 Å². The maximum atomic E-state index is 11.7. The Kier molecular flexibility index (Phi) is 7.14. The van der Waals surface area contributed by atoms with Crippen molar-refractivity contribution >= 4 is 45.2 Å². The van der Waals surface area contributed by atoms with Crippen LogP contribution in [0.25, 0.3) is 10.9 Å². The summed E-state index contributed by atoms with van der Waals surface area (Å²) in [6.07, 6.45) is 6.30. The molecule has 2 saturated heterocycles. The fourth-order valence-corrected chi connectivity index (χ4v) is 5.35.